The van der Waals surface area contributed by atoms with E-state index in [2.05, 4.69) is 27.7 Å². The minimum Gasteiger partial charge on any atom is -0.394 e. The Balaban J connectivity index is 0.687. The van der Waals surface area contributed by atoms with Crippen LogP contribution in [0.15, 0.2) is 0 Å². The number of carbonyl (C=O) groups excluding carboxylic acids is 1. The van der Waals surface area contributed by atoms with Crippen molar-refractivity contribution in [1.82, 2.24) is 0 Å². The van der Waals surface area contributed by atoms with E-state index >= 15 is 0 Å². The van der Waals surface area contributed by atoms with Crippen LogP contribution in [-0.2, 0) is 80.6 Å². The lowest BCUT2D eigenvalue weighted by molar-refractivity contribution is -0.416. The van der Waals surface area contributed by atoms with Gasteiger partial charge in [0, 0.05) is 30.1 Å². The molecule has 13 rings (SSSR count). The van der Waals surface area contributed by atoms with E-state index in [9.17, 15) is 96.7 Å². The molecule has 13 fully saturated rings. The van der Waals surface area contributed by atoms with E-state index in [1.165, 1.54) is 20.8 Å². The number of ketones is 1. The Morgan fingerprint density at radius 3 is 1.52 bits per heavy atom. The quantitative estimate of drug-likeness (QED) is 0.0602. The molecular formula is C68H110O35. The third kappa shape index (κ3) is 14.2. The van der Waals surface area contributed by atoms with Crippen molar-refractivity contribution in [2.24, 2.45) is 52.3 Å². The van der Waals surface area contributed by atoms with Crippen LogP contribution in [0.25, 0.3) is 0 Å². The SMILES string of the molecule is CC1CCC2(OC1)OC1CC3C4CCC5CC(OC6OC(CO)C(OC7OC(CO)C(OC8OC(CO)C(O)C(OC9OC(C)C(OC%10OC(C)C(O)C(O)C%10O)C(O)C9OC9OC(C)C(O)C(O)C9O)C8OC8OCC(O)C(O)C8O)C(O)C7O)C(O)C6O)CCC5(C)C4CC(=O)C3(C)C1C2C. The van der Waals surface area contributed by atoms with Gasteiger partial charge in [0.1, 0.15) is 152 Å². The van der Waals surface area contributed by atoms with Crippen LogP contribution in [0.4, 0.5) is 0 Å². The summed E-state index contributed by atoms with van der Waals surface area (Å²) in [6.45, 7) is 9.94. The molecule has 18 N–H and O–H groups in total. The molecule has 1 spiro atoms. The van der Waals surface area contributed by atoms with Crippen LogP contribution in [0.5, 0.6) is 0 Å². The second kappa shape index (κ2) is 31.1. The monoisotopic (exact) mass is 1490 g/mol. The topological polar surface area (TPSA) is 529 Å². The highest BCUT2D eigenvalue weighted by molar-refractivity contribution is 5.87. The lowest BCUT2D eigenvalue weighted by atomic mass is 9.44. The van der Waals surface area contributed by atoms with E-state index < -0.39 is 253 Å². The Bertz CT molecular complexity index is 2830. The van der Waals surface area contributed by atoms with Gasteiger partial charge in [-0.2, -0.15) is 0 Å². The average Bonchev–Trinajstić information content (AvgIpc) is 1.55. The minimum absolute atomic E-state index is 0.0444. The van der Waals surface area contributed by atoms with Crippen LogP contribution in [0.3, 0.4) is 0 Å². The second-order valence-corrected chi connectivity index (χ2v) is 32.1. The van der Waals surface area contributed by atoms with Gasteiger partial charge in [-0.25, -0.2) is 0 Å². The highest BCUT2D eigenvalue weighted by Crippen LogP contribution is 2.71. The van der Waals surface area contributed by atoms with Gasteiger partial charge in [0.15, 0.2) is 49.8 Å². The molecule has 103 heavy (non-hydrogen) atoms. The Labute approximate surface area is 594 Å². The smallest absolute Gasteiger partial charge is 0.187 e. The fraction of sp³-hybridized carbons (Fsp3) is 0.985. The summed E-state index contributed by atoms with van der Waals surface area (Å²) >= 11 is 0. The van der Waals surface area contributed by atoms with Crippen molar-refractivity contribution >= 4 is 5.78 Å². The molecule has 13 aliphatic rings. The average molecular weight is 1490 g/mol. The molecule has 0 amide bonds. The van der Waals surface area contributed by atoms with E-state index in [1.54, 1.807) is 0 Å². The Morgan fingerprint density at radius 2 is 0.932 bits per heavy atom. The van der Waals surface area contributed by atoms with Gasteiger partial charge in [0.25, 0.3) is 0 Å². The fourth-order valence-corrected chi connectivity index (χ4v) is 19.9. The van der Waals surface area contributed by atoms with Gasteiger partial charge in [-0.05, 0) is 101 Å². The van der Waals surface area contributed by atoms with Crippen LogP contribution < -0.4 is 0 Å². The predicted molar refractivity (Wildman–Crippen MR) is 336 cm³/mol. The molecule has 46 unspecified atom stereocenters. The molecule has 0 bridgehead atoms. The first-order valence-electron chi connectivity index (χ1n) is 36.8. The van der Waals surface area contributed by atoms with Crippen LogP contribution in [-0.4, -0.2) is 358 Å². The second-order valence-electron chi connectivity index (χ2n) is 32.1. The summed E-state index contributed by atoms with van der Waals surface area (Å²) in [6, 6.07) is 0. The van der Waals surface area contributed by atoms with Gasteiger partial charge in [-0.15, -0.1) is 0 Å². The zero-order valence-corrected chi connectivity index (χ0v) is 58.7. The molecule has 35 nitrogen and oxygen atoms in total. The number of fused-ring (bicyclic) bond motifs is 7. The molecule has 9 saturated heterocycles. The number of hydrogen-bond donors (Lipinski definition) is 18. The van der Waals surface area contributed by atoms with Gasteiger partial charge in [-0.1, -0.05) is 27.7 Å². The number of ether oxygens (including phenoxy) is 16. The molecule has 0 radical (unpaired) electrons. The molecule has 4 saturated carbocycles. The first-order valence-corrected chi connectivity index (χ1v) is 36.8. The Morgan fingerprint density at radius 1 is 0.427 bits per heavy atom. The zero-order valence-electron chi connectivity index (χ0n) is 58.7. The number of rotatable bonds is 17. The third-order valence-electron chi connectivity index (χ3n) is 26.1. The highest BCUT2D eigenvalue weighted by Gasteiger charge is 2.72. The molecular weight excluding hydrogens is 1380 g/mol. The summed E-state index contributed by atoms with van der Waals surface area (Å²) in [6.07, 6.45) is -56.3. The Kier molecular flexibility index (Phi) is 24.0. The maximum absolute atomic E-state index is 14.8. The summed E-state index contributed by atoms with van der Waals surface area (Å²) in [5, 5.41) is 202. The number of aliphatic hydroxyl groups excluding tert-OH is 18. The standard InChI is InChI=1S/C68H110O35/c1-22-10-13-68(89-20-22)23(2)38-33(103-68)15-31-29-9-8-27-14-28(11-12-66(27,6)30(29)16-37(73)67(31,38)7)93-62-50(85)45(80)54(35(18-70)95-62)98-63-51(86)46(81)55(36(19-71)96-63)99-65-58(102-59-47(82)41(76)32(72)21-88-59)56(42(77)34(17-69)94-65)100-64-57(101-61-49(84)44(79)40(75)25(4)91-61)52(87)53(26(5)92-64)97-60-48(83)43(78)39(74)24(3)90-60/h22-36,38-65,69-72,74-87H,8-21H2,1-7H3. The van der Waals surface area contributed by atoms with Crippen molar-refractivity contribution in [1.29, 1.82) is 0 Å². The van der Waals surface area contributed by atoms with E-state index in [0.717, 1.165) is 38.5 Å². The molecule has 35 heteroatoms. The van der Waals surface area contributed by atoms with E-state index in [0.29, 0.717) is 43.5 Å². The molecule has 0 aromatic rings. The summed E-state index contributed by atoms with van der Waals surface area (Å²) in [7, 11) is 0. The number of Topliss-reactive ketones (excluding diaryl/α,β-unsaturated/α-hetero) is 1. The van der Waals surface area contributed by atoms with Gasteiger partial charge in [-0.3, -0.25) is 4.79 Å². The summed E-state index contributed by atoms with van der Waals surface area (Å²) in [4.78, 5) is 14.8. The van der Waals surface area contributed by atoms with Gasteiger partial charge in [0.2, 0.25) is 0 Å². The van der Waals surface area contributed by atoms with Crippen molar-refractivity contribution in [2.45, 2.75) is 333 Å². The van der Waals surface area contributed by atoms with Crippen molar-refractivity contribution < 1.29 is 173 Å². The van der Waals surface area contributed by atoms with Crippen molar-refractivity contribution in [3.63, 3.8) is 0 Å². The first-order chi connectivity index (χ1) is 48.8. The maximum Gasteiger partial charge on any atom is 0.187 e. The lowest BCUT2D eigenvalue weighted by Gasteiger charge is -2.60. The predicted octanol–water partition coefficient (Wildman–Crippen LogP) is -6.54. The number of aliphatic hydroxyl groups is 18. The van der Waals surface area contributed by atoms with Gasteiger partial charge >= 0.3 is 0 Å². The third-order valence-corrected chi connectivity index (χ3v) is 26.1. The van der Waals surface area contributed by atoms with Crippen LogP contribution >= 0.6 is 0 Å². The van der Waals surface area contributed by atoms with Crippen LogP contribution in [0.2, 0.25) is 0 Å². The normalized spacial score (nSPS) is 57.6. The molecule has 592 valence electrons. The van der Waals surface area contributed by atoms with Crippen LogP contribution in [0, 0.1) is 52.3 Å². The van der Waals surface area contributed by atoms with E-state index in [1.807, 2.05) is 0 Å². The first kappa shape index (κ1) is 79.4. The van der Waals surface area contributed by atoms with E-state index in [4.69, 9.17) is 75.8 Å². The van der Waals surface area contributed by atoms with Gasteiger partial charge < -0.3 is 168 Å². The minimum atomic E-state index is -2.21. The fourth-order valence-electron chi connectivity index (χ4n) is 19.9. The van der Waals surface area contributed by atoms with Crippen molar-refractivity contribution in [2.75, 3.05) is 33.0 Å². The molecule has 4 aliphatic carbocycles. The van der Waals surface area contributed by atoms with E-state index in [-0.39, 0.29) is 41.1 Å². The molecule has 9 heterocycles. The van der Waals surface area contributed by atoms with Crippen molar-refractivity contribution in [3.05, 3.63) is 0 Å². The van der Waals surface area contributed by atoms with Crippen molar-refractivity contribution in [3.8, 4) is 0 Å². The molecule has 0 aromatic carbocycles. The largest absolute Gasteiger partial charge is 0.394 e. The lowest BCUT2D eigenvalue weighted by Crippen LogP contribution is -2.69. The maximum atomic E-state index is 14.8. The number of carbonyl (C=O) groups is 1. The summed E-state index contributed by atoms with van der Waals surface area (Å²) < 4.78 is 98.3. The zero-order chi connectivity index (χ0) is 74.1. The summed E-state index contributed by atoms with van der Waals surface area (Å²) in [5.74, 6) is 1.10. The van der Waals surface area contributed by atoms with Gasteiger partial charge in [0.05, 0.1) is 63.6 Å². The molecule has 0 aromatic heterocycles. The molecule has 46 atom stereocenters. The number of hydrogen-bond acceptors (Lipinski definition) is 35. The summed E-state index contributed by atoms with van der Waals surface area (Å²) in [5.41, 5.74) is -0.707. The highest BCUT2D eigenvalue weighted by atomic mass is 16.8. The molecule has 9 aliphatic heterocycles. The Hall–Kier alpha value is -1.69. The van der Waals surface area contributed by atoms with Crippen LogP contribution in [0.1, 0.15) is 106 Å².